The van der Waals surface area contributed by atoms with Crippen LogP contribution >= 0.6 is 0 Å². The van der Waals surface area contributed by atoms with Crippen molar-refractivity contribution in [3.63, 3.8) is 0 Å². The largest absolute Gasteiger partial charge is 0.381 e. The summed E-state index contributed by atoms with van der Waals surface area (Å²) in [6.45, 7) is 3.91. The van der Waals surface area contributed by atoms with E-state index in [1.807, 2.05) is 20.0 Å². The van der Waals surface area contributed by atoms with Gasteiger partial charge in [-0.3, -0.25) is 0 Å². The molecule has 0 aromatic heterocycles. The van der Waals surface area contributed by atoms with Gasteiger partial charge in [0, 0.05) is 32.8 Å². The quantitative estimate of drug-likeness (QED) is 0.895. The minimum Gasteiger partial charge on any atom is -0.381 e. The number of nitrogens with zero attached hydrogens (tertiary/aromatic N) is 1. The van der Waals surface area contributed by atoms with Gasteiger partial charge in [0.15, 0.2) is 0 Å². The van der Waals surface area contributed by atoms with Gasteiger partial charge in [-0.05, 0) is 50.1 Å². The summed E-state index contributed by atoms with van der Waals surface area (Å²) in [7, 11) is 0.0793. The lowest BCUT2D eigenvalue weighted by atomic mass is 10.1. The van der Waals surface area contributed by atoms with Crippen molar-refractivity contribution in [2.24, 2.45) is 0 Å². The summed E-state index contributed by atoms with van der Waals surface area (Å²) in [6.07, 6.45) is 1.51. The van der Waals surface area contributed by atoms with Crippen molar-refractivity contribution in [3.05, 3.63) is 29.3 Å². The Bertz CT molecular complexity index is 581. The zero-order chi connectivity index (χ0) is 15.5. The second-order valence-electron chi connectivity index (χ2n) is 5.48. The Balaban J connectivity index is 2.27. The minimum absolute atomic E-state index is 0.0257. The molecule has 5 nitrogen and oxygen atoms in total. The molecule has 0 saturated carbocycles. The van der Waals surface area contributed by atoms with E-state index in [2.05, 4.69) is 5.32 Å². The number of rotatable bonds is 5. The van der Waals surface area contributed by atoms with E-state index >= 15 is 0 Å². The summed E-state index contributed by atoms with van der Waals surface area (Å²) in [5.41, 5.74) is 2.11. The zero-order valence-electron chi connectivity index (χ0n) is 12.9. The Morgan fingerprint density at radius 3 is 2.62 bits per heavy atom. The first-order chi connectivity index (χ1) is 9.96. The fraction of sp³-hybridized carbons (Fsp3) is 0.600. The average molecular weight is 312 g/mol. The van der Waals surface area contributed by atoms with Gasteiger partial charge in [-0.15, -0.1) is 0 Å². The smallest absolute Gasteiger partial charge is 0.243 e. The SMILES string of the molecule is CNCc1cc(S(=O)(=O)N(C)C2CCOCC2)ccc1C. The first-order valence-electron chi connectivity index (χ1n) is 7.26. The maximum absolute atomic E-state index is 12.8. The normalized spacial score (nSPS) is 17.3. The highest BCUT2D eigenvalue weighted by atomic mass is 32.2. The second kappa shape index (κ2) is 6.87. The molecule has 0 amide bonds. The van der Waals surface area contributed by atoms with Crippen LogP contribution in [0.5, 0.6) is 0 Å². The number of ether oxygens (including phenoxy) is 1. The molecule has 6 heteroatoms. The standard InChI is InChI=1S/C15H24N2O3S/c1-12-4-5-15(10-13(12)11-16-2)21(18,19)17(3)14-6-8-20-9-7-14/h4-5,10,14,16H,6-9,11H2,1-3H3. The number of nitrogens with one attached hydrogen (secondary N) is 1. The fourth-order valence-corrected chi connectivity index (χ4v) is 4.07. The van der Waals surface area contributed by atoms with E-state index in [9.17, 15) is 8.42 Å². The molecule has 1 aliphatic heterocycles. The number of sulfonamides is 1. The van der Waals surface area contributed by atoms with Crippen LogP contribution < -0.4 is 5.32 Å². The zero-order valence-corrected chi connectivity index (χ0v) is 13.7. The van der Waals surface area contributed by atoms with Crippen molar-refractivity contribution in [1.29, 1.82) is 0 Å². The van der Waals surface area contributed by atoms with Gasteiger partial charge in [-0.25, -0.2) is 8.42 Å². The fourth-order valence-electron chi connectivity index (χ4n) is 2.60. The molecule has 118 valence electrons. The van der Waals surface area contributed by atoms with E-state index in [0.29, 0.717) is 24.7 Å². The van der Waals surface area contributed by atoms with Gasteiger partial charge < -0.3 is 10.1 Å². The molecule has 1 aromatic carbocycles. The van der Waals surface area contributed by atoms with Gasteiger partial charge in [0.05, 0.1) is 4.90 Å². The summed E-state index contributed by atoms with van der Waals surface area (Å²) in [5.74, 6) is 0. The summed E-state index contributed by atoms with van der Waals surface area (Å²) in [5, 5.41) is 3.07. The molecule has 0 atom stereocenters. The lowest BCUT2D eigenvalue weighted by Gasteiger charge is -2.30. The van der Waals surface area contributed by atoms with Gasteiger partial charge in [0.2, 0.25) is 10.0 Å². The Morgan fingerprint density at radius 1 is 1.33 bits per heavy atom. The van der Waals surface area contributed by atoms with Crippen LogP contribution in [0.15, 0.2) is 23.1 Å². The van der Waals surface area contributed by atoms with Crippen LogP contribution in [0.25, 0.3) is 0 Å². The van der Waals surface area contributed by atoms with Gasteiger partial charge >= 0.3 is 0 Å². The third kappa shape index (κ3) is 3.63. The van der Waals surface area contributed by atoms with Gasteiger partial charge in [-0.2, -0.15) is 4.31 Å². The van der Waals surface area contributed by atoms with E-state index < -0.39 is 10.0 Å². The molecule has 1 fully saturated rings. The number of hydrogen-bond acceptors (Lipinski definition) is 4. The molecule has 0 unspecified atom stereocenters. The lowest BCUT2D eigenvalue weighted by molar-refractivity contribution is 0.0632. The summed E-state index contributed by atoms with van der Waals surface area (Å²) in [4.78, 5) is 0.368. The maximum atomic E-state index is 12.8. The van der Waals surface area contributed by atoms with Gasteiger partial charge in [0.1, 0.15) is 0 Å². The van der Waals surface area contributed by atoms with Crippen molar-refractivity contribution in [2.45, 2.75) is 37.2 Å². The number of hydrogen-bond donors (Lipinski definition) is 1. The van der Waals surface area contributed by atoms with Crippen LogP contribution in [0.2, 0.25) is 0 Å². The van der Waals surface area contributed by atoms with Crippen molar-refractivity contribution < 1.29 is 13.2 Å². The molecule has 0 aliphatic carbocycles. The van der Waals surface area contributed by atoms with Crippen LogP contribution in [0.4, 0.5) is 0 Å². The third-order valence-electron chi connectivity index (χ3n) is 4.07. The number of benzene rings is 1. The van der Waals surface area contributed by atoms with Crippen LogP contribution in [0, 0.1) is 6.92 Å². The topological polar surface area (TPSA) is 58.6 Å². The Hall–Kier alpha value is -0.950. The maximum Gasteiger partial charge on any atom is 0.243 e. The lowest BCUT2D eigenvalue weighted by Crippen LogP contribution is -2.40. The van der Waals surface area contributed by atoms with E-state index in [1.165, 1.54) is 4.31 Å². The van der Waals surface area contributed by atoms with Crippen molar-refractivity contribution in [2.75, 3.05) is 27.3 Å². The van der Waals surface area contributed by atoms with Crippen molar-refractivity contribution in [3.8, 4) is 0 Å². The first kappa shape index (κ1) is 16.4. The van der Waals surface area contributed by atoms with E-state index in [4.69, 9.17) is 4.74 Å². The van der Waals surface area contributed by atoms with E-state index in [1.54, 1.807) is 19.2 Å². The molecule has 1 N–H and O–H groups in total. The van der Waals surface area contributed by atoms with E-state index in [-0.39, 0.29) is 6.04 Å². The summed E-state index contributed by atoms with van der Waals surface area (Å²) < 4.78 is 32.3. The molecule has 0 bridgehead atoms. The Kier molecular flexibility index (Phi) is 5.37. The van der Waals surface area contributed by atoms with Gasteiger partial charge in [-0.1, -0.05) is 6.07 Å². The average Bonchev–Trinajstić information content (AvgIpc) is 2.49. The third-order valence-corrected chi connectivity index (χ3v) is 5.98. The molecular formula is C15H24N2O3S. The number of aryl methyl sites for hydroxylation is 1. The molecule has 1 saturated heterocycles. The molecule has 1 aliphatic rings. The van der Waals surface area contributed by atoms with Crippen LogP contribution in [-0.2, 0) is 21.3 Å². The molecule has 21 heavy (non-hydrogen) atoms. The first-order valence-corrected chi connectivity index (χ1v) is 8.70. The Morgan fingerprint density at radius 2 is 2.00 bits per heavy atom. The van der Waals surface area contributed by atoms with E-state index in [0.717, 1.165) is 24.0 Å². The highest BCUT2D eigenvalue weighted by Gasteiger charge is 2.29. The monoisotopic (exact) mass is 312 g/mol. The van der Waals surface area contributed by atoms with Crippen LogP contribution in [0.1, 0.15) is 24.0 Å². The van der Waals surface area contributed by atoms with Gasteiger partial charge in [0.25, 0.3) is 0 Å². The summed E-state index contributed by atoms with van der Waals surface area (Å²) >= 11 is 0. The molecule has 0 radical (unpaired) electrons. The second-order valence-corrected chi connectivity index (χ2v) is 7.48. The highest BCUT2D eigenvalue weighted by molar-refractivity contribution is 7.89. The van der Waals surface area contributed by atoms with Crippen LogP contribution in [-0.4, -0.2) is 46.1 Å². The molecule has 1 heterocycles. The Labute approximate surface area is 127 Å². The highest BCUT2D eigenvalue weighted by Crippen LogP contribution is 2.23. The van der Waals surface area contributed by atoms with Crippen molar-refractivity contribution in [1.82, 2.24) is 9.62 Å². The predicted octanol–water partition coefficient (Wildman–Crippen LogP) is 1.51. The molecule has 0 spiro atoms. The molecule has 2 rings (SSSR count). The predicted molar refractivity (Wildman–Crippen MR) is 82.7 cm³/mol. The van der Waals surface area contributed by atoms with Crippen molar-refractivity contribution >= 4 is 10.0 Å². The van der Waals surface area contributed by atoms with Crippen LogP contribution in [0.3, 0.4) is 0 Å². The molecular weight excluding hydrogens is 288 g/mol. The molecule has 1 aromatic rings. The summed E-state index contributed by atoms with van der Waals surface area (Å²) in [6, 6.07) is 5.37. The minimum atomic E-state index is -3.45.